The van der Waals surface area contributed by atoms with Crippen molar-refractivity contribution in [2.45, 2.75) is 19.3 Å². The molecule has 0 saturated carbocycles. The Morgan fingerprint density at radius 1 is 0.710 bits per heavy atom. The summed E-state index contributed by atoms with van der Waals surface area (Å²) in [6.45, 7) is 0. The number of nitrogens with zero attached hydrogens (tertiary/aromatic N) is 2. The van der Waals surface area contributed by atoms with Gasteiger partial charge >= 0.3 is 11.9 Å². The number of carboxylic acids is 2. The molecule has 0 saturated heterocycles. The van der Waals surface area contributed by atoms with E-state index in [0.717, 1.165) is 0 Å². The summed E-state index contributed by atoms with van der Waals surface area (Å²) < 4.78 is 0. The van der Waals surface area contributed by atoms with Crippen LogP contribution in [0.2, 0.25) is 0 Å². The highest BCUT2D eigenvalue weighted by atomic mass is 16.4. The summed E-state index contributed by atoms with van der Waals surface area (Å²) in [6, 6.07) is 12.4. The van der Waals surface area contributed by atoms with E-state index in [1.54, 1.807) is 36.4 Å². The second-order valence-electron chi connectivity index (χ2n) is 6.22. The molecule has 0 bridgehead atoms. The third-order valence-corrected chi connectivity index (χ3v) is 3.98. The highest BCUT2D eigenvalue weighted by Crippen LogP contribution is 2.07. The summed E-state index contributed by atoms with van der Waals surface area (Å²) in [4.78, 5) is 45.8. The number of hydrogen-bond acceptors (Lipinski definition) is 6. The van der Waals surface area contributed by atoms with E-state index in [0.29, 0.717) is 11.1 Å². The number of nitrogens with one attached hydrogen (secondary N) is 2. The molecule has 160 valence electrons. The Morgan fingerprint density at radius 2 is 1.10 bits per heavy atom. The van der Waals surface area contributed by atoms with Crippen LogP contribution in [-0.4, -0.2) is 46.4 Å². The fraction of sp³-hybridized carbons (Fsp3) is 0.143. The lowest BCUT2D eigenvalue weighted by atomic mass is 10.1. The molecule has 2 amide bonds. The van der Waals surface area contributed by atoms with Gasteiger partial charge in [0.15, 0.2) is 0 Å². The minimum atomic E-state index is -1.10. The largest absolute Gasteiger partial charge is 0.478 e. The quantitative estimate of drug-likeness (QED) is 0.337. The first kappa shape index (κ1) is 22.9. The van der Waals surface area contributed by atoms with Gasteiger partial charge in [0, 0.05) is 24.0 Å². The van der Waals surface area contributed by atoms with Crippen molar-refractivity contribution in [1.82, 2.24) is 10.9 Å². The number of amides is 2. The Labute approximate surface area is 177 Å². The van der Waals surface area contributed by atoms with Crippen LogP contribution in [0.1, 0.15) is 51.1 Å². The molecule has 0 unspecified atom stereocenters. The van der Waals surface area contributed by atoms with Gasteiger partial charge in [-0.1, -0.05) is 36.4 Å². The van der Waals surface area contributed by atoms with Crippen LogP contribution in [0.5, 0.6) is 0 Å². The van der Waals surface area contributed by atoms with E-state index in [9.17, 15) is 19.2 Å². The van der Waals surface area contributed by atoms with Crippen LogP contribution >= 0.6 is 0 Å². The average Bonchev–Trinajstić information content (AvgIpc) is 2.74. The summed E-state index contributed by atoms with van der Waals surface area (Å²) in [6.07, 6.45) is 2.75. The van der Waals surface area contributed by atoms with E-state index < -0.39 is 23.8 Å². The van der Waals surface area contributed by atoms with E-state index >= 15 is 0 Å². The van der Waals surface area contributed by atoms with Gasteiger partial charge in [0.2, 0.25) is 11.8 Å². The van der Waals surface area contributed by atoms with E-state index in [4.69, 9.17) is 10.2 Å². The van der Waals surface area contributed by atoms with Crippen molar-refractivity contribution in [3.05, 3.63) is 70.8 Å². The lowest BCUT2D eigenvalue weighted by Crippen LogP contribution is -2.20. The highest BCUT2D eigenvalue weighted by Gasteiger charge is 2.08. The predicted molar refractivity (Wildman–Crippen MR) is 112 cm³/mol. The van der Waals surface area contributed by atoms with Crippen molar-refractivity contribution >= 4 is 36.2 Å². The maximum atomic E-state index is 11.8. The molecule has 0 heterocycles. The maximum Gasteiger partial charge on any atom is 0.336 e. The van der Waals surface area contributed by atoms with Gasteiger partial charge < -0.3 is 10.2 Å². The fourth-order valence-corrected chi connectivity index (χ4v) is 2.48. The molecule has 0 spiro atoms. The second kappa shape index (κ2) is 11.6. The molecule has 0 aliphatic rings. The third kappa shape index (κ3) is 7.54. The van der Waals surface area contributed by atoms with Crippen molar-refractivity contribution in [2.24, 2.45) is 10.2 Å². The van der Waals surface area contributed by atoms with Crippen molar-refractivity contribution in [3.8, 4) is 0 Å². The zero-order chi connectivity index (χ0) is 22.6. The summed E-state index contributed by atoms with van der Waals surface area (Å²) in [7, 11) is 0. The molecule has 2 rings (SSSR count). The van der Waals surface area contributed by atoms with Crippen LogP contribution in [0.15, 0.2) is 58.7 Å². The Morgan fingerprint density at radius 3 is 1.48 bits per heavy atom. The van der Waals surface area contributed by atoms with Crippen molar-refractivity contribution in [1.29, 1.82) is 0 Å². The predicted octanol–water partition coefficient (Wildman–Crippen LogP) is 1.85. The van der Waals surface area contributed by atoms with E-state index in [-0.39, 0.29) is 30.4 Å². The van der Waals surface area contributed by atoms with Crippen molar-refractivity contribution in [3.63, 3.8) is 0 Å². The van der Waals surface area contributed by atoms with Crippen LogP contribution in [0, 0.1) is 0 Å². The SMILES string of the molecule is O=C(CCCC(=O)N/N=C/c1ccccc1C(=O)O)N/N=C\c1ccccc1C(=O)O. The first-order valence-electron chi connectivity index (χ1n) is 9.17. The molecule has 0 aliphatic heterocycles. The first-order valence-corrected chi connectivity index (χ1v) is 9.17. The van der Waals surface area contributed by atoms with Crippen LogP contribution in [0.25, 0.3) is 0 Å². The van der Waals surface area contributed by atoms with Gasteiger partial charge in [0.05, 0.1) is 23.6 Å². The summed E-state index contributed by atoms with van der Waals surface area (Å²) in [5.41, 5.74) is 5.35. The summed E-state index contributed by atoms with van der Waals surface area (Å²) in [5.74, 6) is -3.08. The van der Waals surface area contributed by atoms with Gasteiger partial charge in [-0.25, -0.2) is 20.4 Å². The van der Waals surface area contributed by atoms with Crippen LogP contribution < -0.4 is 10.9 Å². The number of carboxylic acid groups (broad SMARTS) is 2. The van der Waals surface area contributed by atoms with Crippen LogP contribution in [0.3, 0.4) is 0 Å². The minimum Gasteiger partial charge on any atom is -0.478 e. The molecule has 10 heteroatoms. The van der Waals surface area contributed by atoms with Gasteiger partial charge in [-0.2, -0.15) is 10.2 Å². The monoisotopic (exact) mass is 424 g/mol. The lowest BCUT2D eigenvalue weighted by Gasteiger charge is -2.02. The molecular formula is C21H20N4O6. The Bertz CT molecular complexity index is 951. The van der Waals surface area contributed by atoms with Crippen LogP contribution in [-0.2, 0) is 9.59 Å². The minimum absolute atomic E-state index is 0.0247. The standard InChI is InChI=1S/C21H20N4O6/c26-18(24-22-12-14-6-1-3-8-16(14)20(28)29)10-5-11-19(27)25-23-13-15-7-2-4-9-17(15)21(30)31/h1-4,6-9,12-13H,5,10-11H2,(H,24,26)(H,25,27)(H,28,29)(H,30,31)/b22-12-,23-13+. The molecule has 0 aromatic heterocycles. The molecule has 2 aromatic carbocycles. The second-order valence-corrected chi connectivity index (χ2v) is 6.22. The Balaban J connectivity index is 1.73. The summed E-state index contributed by atoms with van der Waals surface area (Å²) >= 11 is 0. The molecule has 10 nitrogen and oxygen atoms in total. The number of carbonyl (C=O) groups is 4. The topological polar surface area (TPSA) is 158 Å². The van der Waals surface area contributed by atoms with E-state index in [2.05, 4.69) is 21.1 Å². The van der Waals surface area contributed by atoms with Gasteiger partial charge in [-0.05, 0) is 18.6 Å². The maximum absolute atomic E-state index is 11.8. The molecule has 0 aliphatic carbocycles. The molecular weight excluding hydrogens is 404 g/mol. The molecule has 0 fully saturated rings. The number of aromatic carboxylic acids is 2. The van der Waals surface area contributed by atoms with Crippen LogP contribution in [0.4, 0.5) is 0 Å². The molecule has 2 aromatic rings. The van der Waals surface area contributed by atoms with Gasteiger partial charge in [-0.3, -0.25) is 9.59 Å². The van der Waals surface area contributed by atoms with Gasteiger partial charge in [0.1, 0.15) is 0 Å². The van der Waals surface area contributed by atoms with Gasteiger partial charge in [-0.15, -0.1) is 0 Å². The zero-order valence-electron chi connectivity index (χ0n) is 16.3. The third-order valence-electron chi connectivity index (χ3n) is 3.98. The Hall–Kier alpha value is -4.34. The lowest BCUT2D eigenvalue weighted by molar-refractivity contribution is -0.122. The van der Waals surface area contributed by atoms with Gasteiger partial charge in [0.25, 0.3) is 0 Å². The van der Waals surface area contributed by atoms with E-state index in [1.165, 1.54) is 24.6 Å². The molecule has 4 N–H and O–H groups in total. The normalized spacial score (nSPS) is 10.8. The summed E-state index contributed by atoms with van der Waals surface area (Å²) in [5, 5.41) is 25.6. The molecule has 31 heavy (non-hydrogen) atoms. The fourth-order valence-electron chi connectivity index (χ4n) is 2.48. The highest BCUT2D eigenvalue weighted by molar-refractivity contribution is 5.99. The van der Waals surface area contributed by atoms with Crippen molar-refractivity contribution in [2.75, 3.05) is 0 Å². The number of carbonyl (C=O) groups excluding carboxylic acids is 2. The molecule has 0 radical (unpaired) electrons. The zero-order valence-corrected chi connectivity index (χ0v) is 16.3. The number of hydrazone groups is 2. The number of benzene rings is 2. The van der Waals surface area contributed by atoms with Crippen molar-refractivity contribution < 1.29 is 29.4 Å². The molecule has 0 atom stereocenters. The smallest absolute Gasteiger partial charge is 0.336 e. The Kier molecular flexibility index (Phi) is 8.59. The average molecular weight is 424 g/mol. The van der Waals surface area contributed by atoms with E-state index in [1.807, 2.05) is 0 Å². The number of rotatable bonds is 10. The first-order chi connectivity index (χ1) is 14.9. The number of hydrogen-bond donors (Lipinski definition) is 4.